The SMILES string of the molecule is COC(=O)CCCS(=O)(=O)N1CCS[C@H](C)[C@H]1C. The van der Waals surface area contributed by atoms with E-state index in [-0.39, 0.29) is 24.2 Å². The predicted octanol–water partition coefficient (Wildman–Crippen LogP) is 1.10. The molecule has 0 N–H and O–H groups in total. The highest BCUT2D eigenvalue weighted by Gasteiger charge is 2.33. The minimum absolute atomic E-state index is 0.0177. The second-order valence-corrected chi connectivity index (χ2v) is 7.95. The number of hydrogen-bond donors (Lipinski definition) is 0. The summed E-state index contributed by atoms with van der Waals surface area (Å²) in [7, 11) is -1.95. The van der Waals surface area contributed by atoms with Crippen LogP contribution in [0.3, 0.4) is 0 Å². The van der Waals surface area contributed by atoms with E-state index >= 15 is 0 Å². The van der Waals surface area contributed by atoms with Crippen molar-refractivity contribution in [2.24, 2.45) is 0 Å². The van der Waals surface area contributed by atoms with Crippen LogP contribution in [0.2, 0.25) is 0 Å². The Hall–Kier alpha value is -0.270. The van der Waals surface area contributed by atoms with Gasteiger partial charge in [-0.3, -0.25) is 4.79 Å². The Labute approximate surface area is 113 Å². The Bertz CT molecular complexity index is 383. The first-order chi connectivity index (χ1) is 8.38. The van der Waals surface area contributed by atoms with Crippen LogP contribution in [0.1, 0.15) is 26.7 Å². The van der Waals surface area contributed by atoms with Gasteiger partial charge in [0.25, 0.3) is 0 Å². The van der Waals surface area contributed by atoms with Crippen molar-refractivity contribution in [3.05, 3.63) is 0 Å². The van der Waals surface area contributed by atoms with Crippen molar-refractivity contribution in [1.29, 1.82) is 0 Å². The largest absolute Gasteiger partial charge is 0.469 e. The minimum Gasteiger partial charge on any atom is -0.469 e. The van der Waals surface area contributed by atoms with E-state index < -0.39 is 10.0 Å². The summed E-state index contributed by atoms with van der Waals surface area (Å²) in [5.74, 6) is 0.492. The molecular weight excluding hydrogens is 274 g/mol. The van der Waals surface area contributed by atoms with Gasteiger partial charge in [0.15, 0.2) is 0 Å². The molecule has 5 nitrogen and oxygen atoms in total. The van der Waals surface area contributed by atoms with E-state index in [0.717, 1.165) is 5.75 Å². The van der Waals surface area contributed by atoms with Gasteiger partial charge >= 0.3 is 5.97 Å². The molecule has 1 heterocycles. The molecule has 1 saturated heterocycles. The molecule has 0 aromatic carbocycles. The summed E-state index contributed by atoms with van der Waals surface area (Å²) in [6, 6.07) is 0.0203. The van der Waals surface area contributed by atoms with Crippen molar-refractivity contribution in [2.45, 2.75) is 38.0 Å². The number of ether oxygens (including phenoxy) is 1. The molecule has 1 aliphatic heterocycles. The lowest BCUT2D eigenvalue weighted by Crippen LogP contribution is -2.48. The molecule has 1 rings (SSSR count). The van der Waals surface area contributed by atoms with Gasteiger partial charge in [0, 0.05) is 30.0 Å². The van der Waals surface area contributed by atoms with Crippen molar-refractivity contribution in [2.75, 3.05) is 25.2 Å². The Kier molecular flexibility index (Phi) is 5.94. The quantitative estimate of drug-likeness (QED) is 0.711. The van der Waals surface area contributed by atoms with Crippen LogP contribution in [0, 0.1) is 0 Å². The monoisotopic (exact) mass is 295 g/mol. The summed E-state index contributed by atoms with van der Waals surface area (Å²) in [6.07, 6.45) is 0.474. The third-order valence-corrected chi connectivity index (χ3v) is 6.57. The Morgan fingerprint density at radius 3 is 2.72 bits per heavy atom. The second kappa shape index (κ2) is 6.77. The molecule has 0 saturated carbocycles. The molecule has 1 fully saturated rings. The third-order valence-electron chi connectivity index (χ3n) is 3.19. The van der Waals surface area contributed by atoms with Gasteiger partial charge in [0.05, 0.1) is 12.9 Å². The molecule has 2 atom stereocenters. The molecule has 0 aromatic rings. The number of hydrogen-bond acceptors (Lipinski definition) is 5. The topological polar surface area (TPSA) is 63.7 Å². The summed E-state index contributed by atoms with van der Waals surface area (Å²) in [4.78, 5) is 11.0. The lowest BCUT2D eigenvalue weighted by Gasteiger charge is -2.36. The van der Waals surface area contributed by atoms with Crippen molar-refractivity contribution >= 4 is 27.8 Å². The fourth-order valence-corrected chi connectivity index (χ4v) is 5.01. The number of methoxy groups -OCH3 is 1. The molecule has 0 spiro atoms. The van der Waals surface area contributed by atoms with E-state index in [1.54, 1.807) is 16.1 Å². The minimum atomic E-state index is -3.26. The van der Waals surface area contributed by atoms with E-state index in [4.69, 9.17) is 0 Å². The van der Waals surface area contributed by atoms with Crippen LogP contribution in [0.25, 0.3) is 0 Å². The van der Waals surface area contributed by atoms with Crippen LogP contribution >= 0.6 is 11.8 Å². The first kappa shape index (κ1) is 15.8. The molecular formula is C11H21NO4S2. The molecule has 0 aromatic heterocycles. The number of esters is 1. The number of nitrogens with zero attached hydrogens (tertiary/aromatic N) is 1. The zero-order valence-corrected chi connectivity index (χ0v) is 12.7. The fourth-order valence-electron chi connectivity index (χ4n) is 1.92. The van der Waals surface area contributed by atoms with Crippen LogP contribution in [-0.4, -0.2) is 55.1 Å². The maximum atomic E-state index is 12.2. The van der Waals surface area contributed by atoms with E-state index in [2.05, 4.69) is 4.74 Å². The van der Waals surface area contributed by atoms with E-state index in [0.29, 0.717) is 18.2 Å². The molecule has 0 amide bonds. The van der Waals surface area contributed by atoms with E-state index in [9.17, 15) is 13.2 Å². The van der Waals surface area contributed by atoms with Gasteiger partial charge in [-0.15, -0.1) is 0 Å². The number of sulfonamides is 1. The van der Waals surface area contributed by atoms with E-state index in [1.165, 1.54) is 7.11 Å². The Morgan fingerprint density at radius 1 is 1.44 bits per heavy atom. The van der Waals surface area contributed by atoms with Crippen molar-refractivity contribution in [3.8, 4) is 0 Å². The standard InChI is InChI=1S/C11H21NO4S2/c1-9-10(2)17-7-6-12(9)18(14,15)8-4-5-11(13)16-3/h9-10H,4-8H2,1-3H3/t9-,10-/m1/s1. The van der Waals surface area contributed by atoms with Gasteiger partial charge in [-0.05, 0) is 13.3 Å². The molecule has 0 unspecified atom stereocenters. The lowest BCUT2D eigenvalue weighted by atomic mass is 10.2. The molecule has 0 aliphatic carbocycles. The highest BCUT2D eigenvalue weighted by molar-refractivity contribution is 8.00. The fraction of sp³-hybridized carbons (Fsp3) is 0.909. The van der Waals surface area contributed by atoms with Gasteiger partial charge < -0.3 is 4.74 Å². The van der Waals surface area contributed by atoms with E-state index in [1.807, 2.05) is 13.8 Å². The summed E-state index contributed by atoms with van der Waals surface area (Å²) in [6.45, 7) is 4.55. The molecule has 0 bridgehead atoms. The summed E-state index contributed by atoms with van der Waals surface area (Å²) >= 11 is 1.80. The van der Waals surface area contributed by atoms with Gasteiger partial charge in [-0.1, -0.05) is 6.92 Å². The maximum absolute atomic E-state index is 12.2. The van der Waals surface area contributed by atoms with Crippen molar-refractivity contribution in [3.63, 3.8) is 0 Å². The zero-order chi connectivity index (χ0) is 13.8. The van der Waals surface area contributed by atoms with Gasteiger partial charge in [-0.25, -0.2) is 8.42 Å². The zero-order valence-electron chi connectivity index (χ0n) is 11.1. The van der Waals surface area contributed by atoms with Crippen LogP contribution in [0.4, 0.5) is 0 Å². The van der Waals surface area contributed by atoms with Crippen LogP contribution < -0.4 is 0 Å². The van der Waals surface area contributed by atoms with Gasteiger partial charge in [0.2, 0.25) is 10.0 Å². The van der Waals surface area contributed by atoms with Gasteiger partial charge in [0.1, 0.15) is 0 Å². The first-order valence-corrected chi connectivity index (χ1v) is 8.72. The number of carbonyl (C=O) groups is 1. The number of thioether (sulfide) groups is 1. The second-order valence-electron chi connectivity index (χ2n) is 4.42. The molecule has 7 heteroatoms. The Morgan fingerprint density at radius 2 is 2.11 bits per heavy atom. The molecule has 0 radical (unpaired) electrons. The maximum Gasteiger partial charge on any atom is 0.305 e. The first-order valence-electron chi connectivity index (χ1n) is 6.06. The molecule has 18 heavy (non-hydrogen) atoms. The third kappa shape index (κ3) is 4.13. The van der Waals surface area contributed by atoms with Crippen LogP contribution in [0.15, 0.2) is 0 Å². The summed E-state index contributed by atoms with van der Waals surface area (Å²) in [5, 5.41) is 0.314. The molecule has 1 aliphatic rings. The molecule has 106 valence electrons. The predicted molar refractivity (Wildman–Crippen MR) is 73.1 cm³/mol. The van der Waals surface area contributed by atoms with Crippen LogP contribution in [0.5, 0.6) is 0 Å². The number of carbonyl (C=O) groups excluding carboxylic acids is 1. The van der Waals surface area contributed by atoms with Crippen molar-refractivity contribution in [1.82, 2.24) is 4.31 Å². The lowest BCUT2D eigenvalue weighted by molar-refractivity contribution is -0.140. The van der Waals surface area contributed by atoms with Crippen molar-refractivity contribution < 1.29 is 17.9 Å². The number of rotatable bonds is 5. The normalized spacial score (nSPS) is 25.9. The highest BCUT2D eigenvalue weighted by Crippen LogP contribution is 2.26. The average Bonchev–Trinajstić information content (AvgIpc) is 2.32. The van der Waals surface area contributed by atoms with Gasteiger partial charge in [-0.2, -0.15) is 16.1 Å². The smallest absolute Gasteiger partial charge is 0.305 e. The van der Waals surface area contributed by atoms with Crippen LogP contribution in [-0.2, 0) is 19.6 Å². The Balaban J connectivity index is 2.54. The summed E-state index contributed by atoms with van der Waals surface area (Å²) in [5.41, 5.74) is 0. The summed E-state index contributed by atoms with van der Waals surface area (Å²) < 4.78 is 30.4. The highest BCUT2D eigenvalue weighted by atomic mass is 32.2. The average molecular weight is 295 g/mol.